The van der Waals surface area contributed by atoms with E-state index in [0.717, 1.165) is 45.1 Å². The molecular formula is C18H27NO2. The van der Waals surface area contributed by atoms with E-state index in [2.05, 4.69) is 43.0 Å². The van der Waals surface area contributed by atoms with Gasteiger partial charge in [0.05, 0.1) is 0 Å². The molecule has 1 aliphatic heterocycles. The maximum atomic E-state index is 11.5. The predicted octanol–water partition coefficient (Wildman–Crippen LogP) is 4.03. The van der Waals surface area contributed by atoms with Crippen LogP contribution in [0.25, 0.3) is 0 Å². The van der Waals surface area contributed by atoms with Crippen LogP contribution < -0.4 is 0 Å². The maximum absolute atomic E-state index is 11.5. The van der Waals surface area contributed by atoms with Crippen LogP contribution in [0.4, 0.5) is 0 Å². The molecule has 2 unspecified atom stereocenters. The Labute approximate surface area is 128 Å². The van der Waals surface area contributed by atoms with Crippen molar-refractivity contribution in [3.05, 3.63) is 35.4 Å². The highest BCUT2D eigenvalue weighted by molar-refractivity contribution is 5.73. The van der Waals surface area contributed by atoms with E-state index in [-0.39, 0.29) is 12.1 Å². The molecule has 0 aromatic heterocycles. The molecule has 3 nitrogen and oxygen atoms in total. The first-order chi connectivity index (χ1) is 10.2. The van der Waals surface area contributed by atoms with Crippen LogP contribution >= 0.6 is 0 Å². The summed E-state index contributed by atoms with van der Waals surface area (Å²) in [5, 5.41) is 9.45. The van der Waals surface area contributed by atoms with Crippen LogP contribution in [-0.4, -0.2) is 28.6 Å². The minimum Gasteiger partial charge on any atom is -0.480 e. The fourth-order valence-electron chi connectivity index (χ4n) is 3.32. The average molecular weight is 289 g/mol. The van der Waals surface area contributed by atoms with E-state index in [1.807, 2.05) is 0 Å². The number of carbonyl (C=O) groups is 1. The van der Waals surface area contributed by atoms with E-state index >= 15 is 0 Å². The van der Waals surface area contributed by atoms with Gasteiger partial charge in [-0.25, -0.2) is 0 Å². The van der Waals surface area contributed by atoms with Crippen LogP contribution in [0.3, 0.4) is 0 Å². The van der Waals surface area contributed by atoms with E-state index in [0.29, 0.717) is 0 Å². The quantitative estimate of drug-likeness (QED) is 0.824. The third-order valence-electron chi connectivity index (χ3n) is 4.58. The molecule has 2 atom stereocenters. The first-order valence-corrected chi connectivity index (χ1v) is 8.24. The van der Waals surface area contributed by atoms with Gasteiger partial charge in [-0.15, -0.1) is 0 Å². The molecule has 1 heterocycles. The van der Waals surface area contributed by atoms with Gasteiger partial charge in [0, 0.05) is 6.04 Å². The van der Waals surface area contributed by atoms with Gasteiger partial charge < -0.3 is 5.11 Å². The van der Waals surface area contributed by atoms with Crippen molar-refractivity contribution in [3.8, 4) is 0 Å². The van der Waals surface area contributed by atoms with Crippen molar-refractivity contribution in [2.75, 3.05) is 6.54 Å². The van der Waals surface area contributed by atoms with Gasteiger partial charge >= 0.3 is 5.97 Å². The largest absolute Gasteiger partial charge is 0.480 e. The molecule has 2 rings (SSSR count). The molecule has 1 aromatic rings. The van der Waals surface area contributed by atoms with Gasteiger partial charge in [-0.3, -0.25) is 9.69 Å². The summed E-state index contributed by atoms with van der Waals surface area (Å²) in [5.74, 6) is -0.667. The van der Waals surface area contributed by atoms with Crippen molar-refractivity contribution in [1.82, 2.24) is 4.90 Å². The van der Waals surface area contributed by atoms with Crippen molar-refractivity contribution >= 4 is 5.97 Å². The molecule has 0 saturated carbocycles. The zero-order valence-corrected chi connectivity index (χ0v) is 13.2. The number of nitrogens with zero attached hydrogens (tertiary/aromatic N) is 1. The minimum absolute atomic E-state index is 0.249. The number of hydrogen-bond donors (Lipinski definition) is 1. The summed E-state index contributed by atoms with van der Waals surface area (Å²) >= 11 is 0. The topological polar surface area (TPSA) is 40.5 Å². The van der Waals surface area contributed by atoms with Crippen molar-refractivity contribution in [2.24, 2.45) is 0 Å². The molecule has 3 heteroatoms. The second kappa shape index (κ2) is 7.60. The van der Waals surface area contributed by atoms with E-state index < -0.39 is 5.97 Å². The monoisotopic (exact) mass is 289 g/mol. The van der Waals surface area contributed by atoms with Crippen LogP contribution in [0.2, 0.25) is 0 Å². The lowest BCUT2D eigenvalue weighted by molar-refractivity contribution is -0.143. The third-order valence-corrected chi connectivity index (χ3v) is 4.58. The Morgan fingerprint density at radius 1 is 1.33 bits per heavy atom. The first-order valence-electron chi connectivity index (χ1n) is 8.24. The number of rotatable bonds is 7. The molecule has 0 spiro atoms. The smallest absolute Gasteiger partial charge is 0.320 e. The van der Waals surface area contributed by atoms with E-state index in [1.165, 1.54) is 11.1 Å². The van der Waals surface area contributed by atoms with Gasteiger partial charge in [0.25, 0.3) is 0 Å². The molecule has 1 fully saturated rings. The standard InChI is InChI=1S/C18H27NO2/c1-3-5-7-16(15-11-9-14(4-2)10-12-15)19-13-6-8-17(19)18(20)21/h9-12,16-17H,3-8,13H2,1-2H3,(H,20,21). The number of aliphatic carboxylic acids is 1. The zero-order valence-electron chi connectivity index (χ0n) is 13.2. The van der Waals surface area contributed by atoms with Gasteiger partial charge in [0.1, 0.15) is 6.04 Å². The van der Waals surface area contributed by atoms with Crippen molar-refractivity contribution in [3.63, 3.8) is 0 Å². The molecule has 0 radical (unpaired) electrons. The number of hydrogen-bond acceptors (Lipinski definition) is 2. The molecule has 1 N–H and O–H groups in total. The van der Waals surface area contributed by atoms with Crippen LogP contribution in [0.1, 0.15) is 63.1 Å². The van der Waals surface area contributed by atoms with Gasteiger partial charge in [-0.2, -0.15) is 0 Å². The van der Waals surface area contributed by atoms with Crippen LogP contribution in [0.5, 0.6) is 0 Å². The van der Waals surface area contributed by atoms with Gasteiger partial charge in [0.15, 0.2) is 0 Å². The summed E-state index contributed by atoms with van der Waals surface area (Å²) in [6.45, 7) is 5.25. The van der Waals surface area contributed by atoms with E-state index in [1.54, 1.807) is 0 Å². The molecule has 0 aliphatic carbocycles. The Kier molecular flexibility index (Phi) is 5.80. The van der Waals surface area contributed by atoms with Crippen LogP contribution in [-0.2, 0) is 11.2 Å². The number of benzene rings is 1. The number of unbranched alkanes of at least 4 members (excludes halogenated alkanes) is 1. The lowest BCUT2D eigenvalue weighted by atomic mass is 9.97. The molecule has 1 aromatic carbocycles. The van der Waals surface area contributed by atoms with Crippen LogP contribution in [0.15, 0.2) is 24.3 Å². The number of carboxylic acid groups (broad SMARTS) is 1. The zero-order chi connectivity index (χ0) is 15.2. The fraction of sp³-hybridized carbons (Fsp3) is 0.611. The van der Waals surface area contributed by atoms with Crippen molar-refractivity contribution < 1.29 is 9.90 Å². The third kappa shape index (κ3) is 3.85. The Hall–Kier alpha value is -1.35. The van der Waals surface area contributed by atoms with Crippen molar-refractivity contribution in [2.45, 2.75) is 64.5 Å². The summed E-state index contributed by atoms with van der Waals surface area (Å²) in [6, 6.07) is 8.68. The second-order valence-corrected chi connectivity index (χ2v) is 5.99. The fourth-order valence-corrected chi connectivity index (χ4v) is 3.32. The highest BCUT2D eigenvalue weighted by Gasteiger charge is 2.35. The molecule has 0 bridgehead atoms. The lowest BCUT2D eigenvalue weighted by Crippen LogP contribution is -2.38. The summed E-state index contributed by atoms with van der Waals surface area (Å²) in [4.78, 5) is 13.7. The summed E-state index contributed by atoms with van der Waals surface area (Å²) < 4.78 is 0. The van der Waals surface area contributed by atoms with Gasteiger partial charge in [-0.05, 0) is 43.4 Å². The molecule has 21 heavy (non-hydrogen) atoms. The Morgan fingerprint density at radius 3 is 2.62 bits per heavy atom. The SMILES string of the molecule is CCCCC(c1ccc(CC)cc1)N1CCCC1C(=O)O. The Balaban J connectivity index is 2.22. The highest BCUT2D eigenvalue weighted by Crippen LogP contribution is 2.33. The summed E-state index contributed by atoms with van der Waals surface area (Å²) in [6.07, 6.45) is 6.16. The minimum atomic E-state index is -0.667. The molecule has 0 amide bonds. The van der Waals surface area contributed by atoms with Crippen molar-refractivity contribution in [1.29, 1.82) is 0 Å². The number of aryl methyl sites for hydroxylation is 1. The molecule has 116 valence electrons. The normalized spacial score (nSPS) is 20.6. The van der Waals surface area contributed by atoms with E-state index in [4.69, 9.17) is 0 Å². The second-order valence-electron chi connectivity index (χ2n) is 5.99. The number of carboxylic acids is 1. The lowest BCUT2D eigenvalue weighted by Gasteiger charge is -2.31. The van der Waals surface area contributed by atoms with Gasteiger partial charge in [0.2, 0.25) is 0 Å². The molecule has 1 aliphatic rings. The van der Waals surface area contributed by atoms with E-state index in [9.17, 15) is 9.90 Å². The Bertz CT molecular complexity index is 455. The summed E-state index contributed by atoms with van der Waals surface area (Å²) in [5.41, 5.74) is 2.61. The van der Waals surface area contributed by atoms with Crippen LogP contribution in [0, 0.1) is 0 Å². The Morgan fingerprint density at radius 2 is 2.05 bits per heavy atom. The summed E-state index contributed by atoms with van der Waals surface area (Å²) in [7, 11) is 0. The number of likely N-dealkylation sites (tertiary alicyclic amines) is 1. The first kappa shape index (κ1) is 16.0. The molecule has 1 saturated heterocycles. The average Bonchev–Trinajstić information content (AvgIpc) is 2.98. The predicted molar refractivity (Wildman–Crippen MR) is 85.4 cm³/mol. The van der Waals surface area contributed by atoms with Gasteiger partial charge in [-0.1, -0.05) is 51.0 Å². The molecular weight excluding hydrogens is 262 g/mol. The maximum Gasteiger partial charge on any atom is 0.320 e. The highest BCUT2D eigenvalue weighted by atomic mass is 16.4.